The van der Waals surface area contributed by atoms with Gasteiger partial charge in [-0.25, -0.2) is 4.39 Å². The minimum atomic E-state index is -1.73. The van der Waals surface area contributed by atoms with Crippen LogP contribution in [0.1, 0.15) is 13.3 Å². The third-order valence-corrected chi connectivity index (χ3v) is 2.24. The van der Waals surface area contributed by atoms with E-state index in [9.17, 15) is 9.18 Å². The van der Waals surface area contributed by atoms with Crippen LogP contribution in [0.15, 0.2) is 0 Å². The normalized spacial score (nSPS) is 30.1. The monoisotopic (exact) mass is 189 g/mol. The van der Waals surface area contributed by atoms with Gasteiger partial charge in [0.15, 0.2) is 0 Å². The Morgan fingerprint density at radius 1 is 1.85 bits per heavy atom. The molecule has 4 N–H and O–H groups in total. The number of hydrogen-bond acceptors (Lipinski definition) is 3. The lowest BCUT2D eigenvalue weighted by atomic mass is 10.0. The minimum absolute atomic E-state index is 0.107. The fourth-order valence-corrected chi connectivity index (χ4v) is 1.27. The topological polar surface area (TPSA) is 67.1 Å². The van der Waals surface area contributed by atoms with Gasteiger partial charge in [-0.2, -0.15) is 0 Å². The minimum Gasteiger partial charge on any atom is -0.350 e. The molecule has 0 aromatic heterocycles. The van der Waals surface area contributed by atoms with Gasteiger partial charge in [-0.15, -0.1) is 0 Å². The highest BCUT2D eigenvalue weighted by Gasteiger charge is 2.41. The number of amides is 1. The van der Waals surface area contributed by atoms with Crippen LogP contribution >= 0.6 is 0 Å². The summed E-state index contributed by atoms with van der Waals surface area (Å²) in [7, 11) is 0. The Labute approximate surface area is 77.1 Å². The molecule has 13 heavy (non-hydrogen) atoms. The maximum atomic E-state index is 13.7. The average molecular weight is 189 g/mol. The van der Waals surface area contributed by atoms with Gasteiger partial charge >= 0.3 is 0 Å². The van der Waals surface area contributed by atoms with Gasteiger partial charge in [-0.3, -0.25) is 4.79 Å². The van der Waals surface area contributed by atoms with Gasteiger partial charge in [0.1, 0.15) is 0 Å². The van der Waals surface area contributed by atoms with E-state index in [1.165, 1.54) is 0 Å². The van der Waals surface area contributed by atoms with E-state index in [-0.39, 0.29) is 19.0 Å². The van der Waals surface area contributed by atoms with Crippen molar-refractivity contribution in [2.75, 3.05) is 19.6 Å². The van der Waals surface area contributed by atoms with Gasteiger partial charge in [0, 0.05) is 25.6 Å². The molecule has 0 aromatic carbocycles. The number of nitrogens with two attached hydrogens (primary N) is 1. The van der Waals surface area contributed by atoms with Crippen LogP contribution < -0.4 is 16.4 Å². The predicted molar refractivity (Wildman–Crippen MR) is 48.0 cm³/mol. The summed E-state index contributed by atoms with van der Waals surface area (Å²) < 4.78 is 13.7. The first kappa shape index (κ1) is 10.4. The first-order chi connectivity index (χ1) is 6.08. The van der Waals surface area contributed by atoms with E-state index < -0.39 is 11.6 Å². The smallest absolute Gasteiger partial charge is 0.259 e. The van der Waals surface area contributed by atoms with Gasteiger partial charge in [-0.1, -0.05) is 0 Å². The second-order valence-electron chi connectivity index (χ2n) is 3.50. The standard InChI is InChI=1S/C8H16FN3O/c1-6(4-10)12-7(13)8(9)2-3-11-5-8/h6,11H,2-5,10H2,1H3,(H,12,13)/t6-,8?/m0/s1. The summed E-state index contributed by atoms with van der Waals surface area (Å²) >= 11 is 0. The summed E-state index contributed by atoms with van der Waals surface area (Å²) in [5.41, 5.74) is 3.58. The number of carbonyl (C=O) groups excluding carboxylic acids is 1. The molecule has 1 fully saturated rings. The van der Waals surface area contributed by atoms with Crippen molar-refractivity contribution in [3.8, 4) is 0 Å². The molecule has 1 unspecified atom stereocenters. The third kappa shape index (κ3) is 2.38. The lowest BCUT2D eigenvalue weighted by Crippen LogP contribution is -2.49. The Morgan fingerprint density at radius 2 is 2.54 bits per heavy atom. The molecule has 0 saturated carbocycles. The fourth-order valence-electron chi connectivity index (χ4n) is 1.27. The predicted octanol–water partition coefficient (Wildman–Crippen LogP) is -0.849. The Hall–Kier alpha value is -0.680. The quantitative estimate of drug-likeness (QED) is 0.542. The summed E-state index contributed by atoms with van der Waals surface area (Å²) in [6.07, 6.45) is 0.246. The van der Waals surface area contributed by atoms with Crippen LogP contribution in [0, 0.1) is 0 Å². The van der Waals surface area contributed by atoms with Gasteiger partial charge in [0.2, 0.25) is 5.67 Å². The number of hydrogen-bond donors (Lipinski definition) is 3. The molecule has 2 atom stereocenters. The molecule has 76 valence electrons. The molecular formula is C8H16FN3O. The molecule has 1 heterocycles. The molecule has 1 amide bonds. The van der Waals surface area contributed by atoms with E-state index in [0.717, 1.165) is 0 Å². The van der Waals surface area contributed by atoms with Crippen molar-refractivity contribution >= 4 is 5.91 Å². The van der Waals surface area contributed by atoms with Gasteiger partial charge in [0.05, 0.1) is 0 Å². The third-order valence-electron chi connectivity index (χ3n) is 2.24. The molecule has 0 bridgehead atoms. The Bertz CT molecular complexity index is 192. The largest absolute Gasteiger partial charge is 0.350 e. The van der Waals surface area contributed by atoms with Crippen molar-refractivity contribution in [2.24, 2.45) is 5.73 Å². The molecule has 1 saturated heterocycles. The van der Waals surface area contributed by atoms with Crippen molar-refractivity contribution in [1.29, 1.82) is 0 Å². The van der Waals surface area contributed by atoms with Crippen molar-refractivity contribution in [3.63, 3.8) is 0 Å². The van der Waals surface area contributed by atoms with Gasteiger partial charge in [-0.05, 0) is 13.5 Å². The van der Waals surface area contributed by atoms with Crippen molar-refractivity contribution in [2.45, 2.75) is 25.1 Å². The maximum Gasteiger partial charge on any atom is 0.259 e. The first-order valence-corrected chi connectivity index (χ1v) is 4.49. The highest BCUT2D eigenvalue weighted by Crippen LogP contribution is 2.19. The zero-order valence-electron chi connectivity index (χ0n) is 7.77. The molecular weight excluding hydrogens is 173 g/mol. The van der Waals surface area contributed by atoms with E-state index in [2.05, 4.69) is 10.6 Å². The molecule has 0 radical (unpaired) electrons. The molecule has 1 aliphatic rings. The van der Waals surface area contributed by atoms with Crippen LogP contribution in [0.3, 0.4) is 0 Å². The Morgan fingerprint density at radius 3 is 3.00 bits per heavy atom. The zero-order valence-corrected chi connectivity index (χ0v) is 7.77. The van der Waals surface area contributed by atoms with Gasteiger partial charge in [0.25, 0.3) is 5.91 Å². The molecule has 1 rings (SSSR count). The highest BCUT2D eigenvalue weighted by atomic mass is 19.1. The van der Waals surface area contributed by atoms with Crippen LogP contribution in [0.5, 0.6) is 0 Å². The van der Waals surface area contributed by atoms with Crippen LogP contribution in [0.25, 0.3) is 0 Å². The highest BCUT2D eigenvalue weighted by molar-refractivity contribution is 5.86. The first-order valence-electron chi connectivity index (χ1n) is 4.49. The van der Waals surface area contributed by atoms with Crippen LogP contribution in [0.4, 0.5) is 4.39 Å². The number of nitrogens with one attached hydrogen (secondary N) is 2. The molecule has 0 aromatic rings. The number of halogens is 1. The molecule has 4 nitrogen and oxygen atoms in total. The van der Waals surface area contributed by atoms with Gasteiger partial charge < -0.3 is 16.4 Å². The summed E-state index contributed by atoms with van der Waals surface area (Å²) in [6, 6.07) is -0.166. The summed E-state index contributed by atoms with van der Waals surface area (Å²) in [4.78, 5) is 11.4. The lowest BCUT2D eigenvalue weighted by Gasteiger charge is -2.20. The maximum absolute atomic E-state index is 13.7. The number of rotatable bonds is 3. The molecule has 0 aliphatic carbocycles. The summed E-state index contributed by atoms with van der Waals surface area (Å²) in [5, 5.41) is 5.35. The van der Waals surface area contributed by atoms with Crippen molar-refractivity contribution < 1.29 is 9.18 Å². The molecule has 0 spiro atoms. The van der Waals surface area contributed by atoms with E-state index in [1.54, 1.807) is 6.92 Å². The van der Waals surface area contributed by atoms with E-state index in [1.807, 2.05) is 0 Å². The lowest BCUT2D eigenvalue weighted by molar-refractivity contribution is -0.132. The Kier molecular flexibility index (Phi) is 3.22. The zero-order chi connectivity index (χ0) is 9.90. The van der Waals surface area contributed by atoms with Crippen molar-refractivity contribution in [3.05, 3.63) is 0 Å². The summed E-state index contributed by atoms with van der Waals surface area (Å²) in [6.45, 7) is 2.75. The summed E-state index contributed by atoms with van der Waals surface area (Å²) in [5.74, 6) is -0.546. The van der Waals surface area contributed by atoms with E-state index in [4.69, 9.17) is 5.73 Å². The molecule has 1 aliphatic heterocycles. The molecule has 5 heteroatoms. The van der Waals surface area contributed by atoms with Crippen LogP contribution in [-0.2, 0) is 4.79 Å². The van der Waals surface area contributed by atoms with Crippen molar-refractivity contribution in [1.82, 2.24) is 10.6 Å². The van der Waals surface area contributed by atoms with E-state index >= 15 is 0 Å². The number of alkyl halides is 1. The van der Waals surface area contributed by atoms with Crippen LogP contribution in [0.2, 0.25) is 0 Å². The van der Waals surface area contributed by atoms with Crippen LogP contribution in [-0.4, -0.2) is 37.3 Å². The second-order valence-corrected chi connectivity index (χ2v) is 3.50. The second kappa shape index (κ2) is 4.02. The SMILES string of the molecule is C[C@@H](CN)NC(=O)C1(F)CCNC1. The van der Waals surface area contributed by atoms with E-state index in [0.29, 0.717) is 13.1 Å². The fraction of sp³-hybridized carbons (Fsp3) is 0.875. The Balaban J connectivity index is 2.46. The average Bonchev–Trinajstić information content (AvgIpc) is 2.53. The number of carbonyl (C=O) groups is 1.